The maximum absolute atomic E-state index is 12.0. The van der Waals surface area contributed by atoms with Gasteiger partial charge in [0.1, 0.15) is 0 Å². The lowest BCUT2D eigenvalue weighted by Crippen LogP contribution is -2.52. The second-order valence-electron chi connectivity index (χ2n) is 5.14. The molecule has 0 radical (unpaired) electrons. The van der Waals surface area contributed by atoms with Crippen molar-refractivity contribution in [2.24, 2.45) is 0 Å². The number of carbonyl (C=O) groups is 2. The topological polar surface area (TPSA) is 61.4 Å². The highest BCUT2D eigenvalue weighted by molar-refractivity contribution is 6.35. The minimum Gasteiger partial charge on any atom is -0.345 e. The molecule has 0 saturated carbocycles. The number of carbonyl (C=O) groups excluding carboxylic acids is 2. The van der Waals surface area contributed by atoms with Crippen LogP contribution < -0.4 is 10.6 Å². The Labute approximate surface area is 116 Å². The van der Waals surface area contributed by atoms with Crippen LogP contribution in [0.15, 0.2) is 0 Å². The van der Waals surface area contributed by atoms with E-state index in [2.05, 4.69) is 24.5 Å². The van der Waals surface area contributed by atoms with Crippen LogP contribution in [0.25, 0.3) is 0 Å². The summed E-state index contributed by atoms with van der Waals surface area (Å²) in [5.41, 5.74) is 0. The third-order valence-corrected chi connectivity index (χ3v) is 3.48. The summed E-state index contributed by atoms with van der Waals surface area (Å²) in [7, 11) is 0. The second kappa shape index (κ2) is 8.91. The van der Waals surface area contributed by atoms with Crippen molar-refractivity contribution in [3.63, 3.8) is 0 Å². The highest BCUT2D eigenvalue weighted by atomic mass is 16.2. The van der Waals surface area contributed by atoms with Crippen LogP contribution >= 0.6 is 0 Å². The normalized spacial score (nSPS) is 17.1. The molecule has 0 spiro atoms. The molecule has 0 bridgehead atoms. The van der Waals surface area contributed by atoms with Gasteiger partial charge in [-0.3, -0.25) is 9.59 Å². The Morgan fingerprint density at radius 3 is 2.42 bits per heavy atom. The molecule has 0 aromatic carbocycles. The molecule has 1 fully saturated rings. The molecule has 2 N–H and O–H groups in total. The number of piperazine rings is 1. The summed E-state index contributed by atoms with van der Waals surface area (Å²) < 4.78 is 0. The lowest BCUT2D eigenvalue weighted by atomic mass is 10.1. The average Bonchev–Trinajstić information content (AvgIpc) is 2.45. The van der Waals surface area contributed by atoms with Crippen LogP contribution in [0.4, 0.5) is 0 Å². The van der Waals surface area contributed by atoms with Crippen LogP contribution in [-0.2, 0) is 9.59 Å². The lowest BCUT2D eigenvalue weighted by molar-refractivity contribution is -0.146. The van der Waals surface area contributed by atoms with Gasteiger partial charge in [0.05, 0.1) is 0 Å². The van der Waals surface area contributed by atoms with E-state index in [4.69, 9.17) is 0 Å². The first-order chi connectivity index (χ1) is 9.19. The molecule has 5 heteroatoms. The van der Waals surface area contributed by atoms with Crippen LogP contribution in [0.1, 0.15) is 46.0 Å². The van der Waals surface area contributed by atoms with Crippen molar-refractivity contribution in [2.75, 3.05) is 26.2 Å². The third kappa shape index (κ3) is 5.59. The van der Waals surface area contributed by atoms with Gasteiger partial charge >= 0.3 is 11.8 Å². The van der Waals surface area contributed by atoms with Crippen LogP contribution in [0.3, 0.4) is 0 Å². The Kier molecular flexibility index (Phi) is 7.48. The Bertz CT molecular complexity index is 288. The summed E-state index contributed by atoms with van der Waals surface area (Å²) >= 11 is 0. The summed E-state index contributed by atoms with van der Waals surface area (Å²) in [4.78, 5) is 25.6. The molecule has 110 valence electrons. The number of nitrogens with zero attached hydrogens (tertiary/aromatic N) is 1. The molecular weight excluding hydrogens is 242 g/mol. The van der Waals surface area contributed by atoms with Gasteiger partial charge in [-0.15, -0.1) is 0 Å². The van der Waals surface area contributed by atoms with Gasteiger partial charge in [0.15, 0.2) is 0 Å². The van der Waals surface area contributed by atoms with Gasteiger partial charge in [-0.1, -0.05) is 33.1 Å². The number of amides is 2. The minimum atomic E-state index is -0.434. The standard InChI is InChI=1S/C14H27N3O2/c1-3-5-7-12(6-4-2)16-13(18)14(19)17-10-8-15-9-11-17/h12,15H,3-11H2,1-2H3,(H,16,18). The van der Waals surface area contributed by atoms with Crippen molar-refractivity contribution >= 4 is 11.8 Å². The van der Waals surface area contributed by atoms with E-state index < -0.39 is 5.91 Å². The zero-order valence-electron chi connectivity index (χ0n) is 12.2. The summed E-state index contributed by atoms with van der Waals surface area (Å²) in [5, 5.41) is 6.07. The van der Waals surface area contributed by atoms with E-state index >= 15 is 0 Å². The van der Waals surface area contributed by atoms with E-state index in [0.717, 1.165) is 45.2 Å². The predicted molar refractivity (Wildman–Crippen MR) is 75.8 cm³/mol. The molecular formula is C14H27N3O2. The number of hydrogen-bond acceptors (Lipinski definition) is 3. The lowest BCUT2D eigenvalue weighted by Gasteiger charge is -2.27. The number of nitrogens with one attached hydrogen (secondary N) is 2. The van der Waals surface area contributed by atoms with E-state index in [9.17, 15) is 9.59 Å². The van der Waals surface area contributed by atoms with Crippen molar-refractivity contribution in [3.8, 4) is 0 Å². The predicted octanol–water partition coefficient (Wildman–Crippen LogP) is 0.893. The summed E-state index contributed by atoms with van der Waals surface area (Å²) in [6, 6.07) is 0.143. The molecule has 1 saturated heterocycles. The Hall–Kier alpha value is -1.10. The van der Waals surface area contributed by atoms with Gasteiger partial charge in [-0.25, -0.2) is 0 Å². The Balaban J connectivity index is 2.42. The fourth-order valence-corrected chi connectivity index (χ4v) is 2.35. The van der Waals surface area contributed by atoms with Crippen molar-refractivity contribution in [1.29, 1.82) is 0 Å². The molecule has 0 aromatic rings. The van der Waals surface area contributed by atoms with Gasteiger partial charge in [-0.2, -0.15) is 0 Å². The quantitative estimate of drug-likeness (QED) is 0.704. The molecule has 0 aliphatic carbocycles. The van der Waals surface area contributed by atoms with Crippen molar-refractivity contribution in [1.82, 2.24) is 15.5 Å². The number of rotatable bonds is 6. The first-order valence-corrected chi connectivity index (χ1v) is 7.49. The third-order valence-electron chi connectivity index (χ3n) is 3.48. The van der Waals surface area contributed by atoms with Gasteiger partial charge < -0.3 is 15.5 Å². The molecule has 1 unspecified atom stereocenters. The van der Waals surface area contributed by atoms with E-state index in [1.54, 1.807) is 4.90 Å². The van der Waals surface area contributed by atoms with Gasteiger partial charge in [0.25, 0.3) is 0 Å². The number of unbranched alkanes of at least 4 members (excludes halogenated alkanes) is 1. The molecule has 1 rings (SSSR count). The summed E-state index contributed by atoms with van der Waals surface area (Å²) in [6.45, 7) is 7.03. The number of hydrogen-bond donors (Lipinski definition) is 2. The van der Waals surface area contributed by atoms with Crippen LogP contribution in [0.2, 0.25) is 0 Å². The second-order valence-corrected chi connectivity index (χ2v) is 5.14. The molecule has 5 nitrogen and oxygen atoms in total. The van der Waals surface area contributed by atoms with E-state index in [0.29, 0.717) is 13.1 Å². The monoisotopic (exact) mass is 269 g/mol. The molecule has 1 aliphatic heterocycles. The van der Waals surface area contributed by atoms with E-state index in [1.807, 2.05) is 0 Å². The van der Waals surface area contributed by atoms with Gasteiger partial charge in [0.2, 0.25) is 0 Å². The Morgan fingerprint density at radius 1 is 1.16 bits per heavy atom. The minimum absolute atomic E-state index is 0.143. The first-order valence-electron chi connectivity index (χ1n) is 7.49. The smallest absolute Gasteiger partial charge is 0.311 e. The summed E-state index contributed by atoms with van der Waals surface area (Å²) in [6.07, 6.45) is 5.14. The largest absolute Gasteiger partial charge is 0.345 e. The van der Waals surface area contributed by atoms with Crippen molar-refractivity contribution < 1.29 is 9.59 Å². The van der Waals surface area contributed by atoms with Crippen molar-refractivity contribution in [3.05, 3.63) is 0 Å². The van der Waals surface area contributed by atoms with Crippen molar-refractivity contribution in [2.45, 2.75) is 52.0 Å². The maximum Gasteiger partial charge on any atom is 0.311 e. The van der Waals surface area contributed by atoms with Crippen LogP contribution in [0.5, 0.6) is 0 Å². The van der Waals surface area contributed by atoms with Crippen LogP contribution in [-0.4, -0.2) is 48.9 Å². The molecule has 19 heavy (non-hydrogen) atoms. The SMILES string of the molecule is CCCCC(CCC)NC(=O)C(=O)N1CCNCC1. The van der Waals surface area contributed by atoms with E-state index in [-0.39, 0.29) is 11.9 Å². The highest BCUT2D eigenvalue weighted by Gasteiger charge is 2.24. The first kappa shape index (κ1) is 16.0. The highest BCUT2D eigenvalue weighted by Crippen LogP contribution is 2.07. The zero-order chi connectivity index (χ0) is 14.1. The molecule has 1 atom stereocenters. The van der Waals surface area contributed by atoms with Crippen LogP contribution in [0, 0.1) is 0 Å². The molecule has 1 aliphatic rings. The average molecular weight is 269 g/mol. The zero-order valence-corrected chi connectivity index (χ0v) is 12.2. The van der Waals surface area contributed by atoms with Gasteiger partial charge in [-0.05, 0) is 12.8 Å². The molecule has 1 heterocycles. The fraction of sp³-hybridized carbons (Fsp3) is 0.857. The van der Waals surface area contributed by atoms with E-state index in [1.165, 1.54) is 0 Å². The molecule has 0 aromatic heterocycles. The van der Waals surface area contributed by atoms with Gasteiger partial charge in [0, 0.05) is 32.2 Å². The summed E-state index contributed by atoms with van der Waals surface area (Å²) in [5.74, 6) is -0.810. The molecule has 2 amide bonds. The Morgan fingerprint density at radius 2 is 1.84 bits per heavy atom. The fourth-order valence-electron chi connectivity index (χ4n) is 2.35. The maximum atomic E-state index is 12.0.